The zero-order valence-corrected chi connectivity index (χ0v) is 14.6. The number of benzene rings is 2. The number of sulfonamides is 1. The van der Waals surface area contributed by atoms with Gasteiger partial charge in [0, 0.05) is 13.1 Å². The van der Waals surface area contributed by atoms with Crippen molar-refractivity contribution in [3.05, 3.63) is 83.9 Å². The average Bonchev–Trinajstić information content (AvgIpc) is 2.67. The summed E-state index contributed by atoms with van der Waals surface area (Å²) in [5, 5.41) is 2.94. The Balaban J connectivity index is 1.60. The van der Waals surface area contributed by atoms with E-state index in [9.17, 15) is 12.8 Å². The molecular formula is C18H17FN4O2S. The van der Waals surface area contributed by atoms with Crippen LogP contribution < -0.4 is 10.0 Å². The van der Waals surface area contributed by atoms with Crippen molar-refractivity contribution in [2.75, 3.05) is 5.32 Å². The van der Waals surface area contributed by atoms with Crippen LogP contribution in [0.1, 0.15) is 11.1 Å². The van der Waals surface area contributed by atoms with Crippen molar-refractivity contribution < 1.29 is 12.8 Å². The molecule has 6 nitrogen and oxygen atoms in total. The SMILES string of the molecule is O=S(=O)(NCc1ccccc1)c1ccc(CNc2ncc(F)cn2)cc1. The molecule has 0 aliphatic rings. The number of aromatic nitrogens is 2. The molecule has 0 bridgehead atoms. The van der Waals surface area contributed by atoms with E-state index in [0.717, 1.165) is 23.5 Å². The Morgan fingerprint density at radius 2 is 1.46 bits per heavy atom. The average molecular weight is 372 g/mol. The summed E-state index contributed by atoms with van der Waals surface area (Å²) in [6, 6.07) is 15.8. The Kier molecular flexibility index (Phi) is 5.55. The van der Waals surface area contributed by atoms with Crippen LogP contribution in [0.25, 0.3) is 0 Å². The first-order valence-electron chi connectivity index (χ1n) is 7.87. The molecule has 3 aromatic rings. The molecule has 2 aromatic carbocycles. The van der Waals surface area contributed by atoms with Crippen molar-refractivity contribution in [2.24, 2.45) is 0 Å². The van der Waals surface area contributed by atoms with E-state index < -0.39 is 15.8 Å². The normalized spacial score (nSPS) is 11.3. The first kappa shape index (κ1) is 18.0. The fourth-order valence-corrected chi connectivity index (χ4v) is 3.25. The maximum atomic E-state index is 12.8. The Bertz CT molecular complexity index is 947. The number of rotatable bonds is 7. The van der Waals surface area contributed by atoms with E-state index in [-0.39, 0.29) is 11.4 Å². The third kappa shape index (κ3) is 4.84. The minimum atomic E-state index is -3.58. The Hall–Kier alpha value is -2.84. The standard InChI is InChI=1S/C18H17FN4O2S/c19-16-12-21-18(22-13-16)20-10-15-6-8-17(9-7-15)26(24,25)23-11-14-4-2-1-3-5-14/h1-9,12-13,23H,10-11H2,(H,20,21,22). The number of nitrogens with one attached hydrogen (secondary N) is 2. The lowest BCUT2D eigenvalue weighted by molar-refractivity contribution is 0.581. The molecule has 2 N–H and O–H groups in total. The van der Waals surface area contributed by atoms with Gasteiger partial charge in [-0.2, -0.15) is 0 Å². The summed E-state index contributed by atoms with van der Waals surface area (Å²) < 4.78 is 40.0. The predicted molar refractivity (Wildman–Crippen MR) is 96.2 cm³/mol. The quantitative estimate of drug-likeness (QED) is 0.666. The van der Waals surface area contributed by atoms with Crippen LogP contribution in [0.5, 0.6) is 0 Å². The molecule has 0 aliphatic carbocycles. The molecule has 0 saturated carbocycles. The summed E-state index contributed by atoms with van der Waals surface area (Å²) in [6.07, 6.45) is 2.15. The van der Waals surface area contributed by atoms with Crippen LogP contribution in [0.4, 0.5) is 10.3 Å². The lowest BCUT2D eigenvalue weighted by atomic mass is 10.2. The highest BCUT2D eigenvalue weighted by molar-refractivity contribution is 7.89. The molecule has 0 spiro atoms. The molecule has 0 saturated heterocycles. The van der Waals surface area contributed by atoms with E-state index in [1.165, 1.54) is 12.1 Å². The highest BCUT2D eigenvalue weighted by atomic mass is 32.2. The lowest BCUT2D eigenvalue weighted by Gasteiger charge is -2.08. The van der Waals surface area contributed by atoms with Gasteiger partial charge in [-0.15, -0.1) is 0 Å². The third-order valence-corrected chi connectivity index (χ3v) is 5.03. The molecule has 1 aromatic heterocycles. The van der Waals surface area contributed by atoms with Crippen molar-refractivity contribution in [3.63, 3.8) is 0 Å². The zero-order chi connectivity index (χ0) is 18.4. The second-order valence-electron chi connectivity index (χ2n) is 5.53. The fraction of sp³-hybridized carbons (Fsp3) is 0.111. The van der Waals surface area contributed by atoms with Crippen LogP contribution in [0.3, 0.4) is 0 Å². The van der Waals surface area contributed by atoms with E-state index in [1.807, 2.05) is 30.3 Å². The van der Waals surface area contributed by atoms with E-state index in [2.05, 4.69) is 20.0 Å². The Morgan fingerprint density at radius 3 is 2.12 bits per heavy atom. The minimum Gasteiger partial charge on any atom is -0.350 e. The first-order chi connectivity index (χ1) is 12.5. The van der Waals surface area contributed by atoms with Gasteiger partial charge in [0.2, 0.25) is 16.0 Å². The van der Waals surface area contributed by atoms with Crippen molar-refractivity contribution in [1.82, 2.24) is 14.7 Å². The number of hydrogen-bond acceptors (Lipinski definition) is 5. The molecule has 3 rings (SSSR count). The van der Waals surface area contributed by atoms with Gasteiger partial charge >= 0.3 is 0 Å². The zero-order valence-electron chi connectivity index (χ0n) is 13.8. The highest BCUT2D eigenvalue weighted by Gasteiger charge is 2.13. The van der Waals surface area contributed by atoms with Crippen LogP contribution in [0.15, 0.2) is 71.9 Å². The van der Waals surface area contributed by atoms with Crippen molar-refractivity contribution >= 4 is 16.0 Å². The summed E-state index contributed by atoms with van der Waals surface area (Å²) in [5.74, 6) is -0.208. The molecule has 1 heterocycles. The van der Waals surface area contributed by atoms with Gasteiger partial charge in [-0.05, 0) is 23.3 Å². The summed E-state index contributed by atoms with van der Waals surface area (Å²) in [5.41, 5.74) is 1.73. The third-order valence-electron chi connectivity index (χ3n) is 3.61. The lowest BCUT2D eigenvalue weighted by Crippen LogP contribution is -2.23. The molecule has 26 heavy (non-hydrogen) atoms. The van der Waals surface area contributed by atoms with Gasteiger partial charge in [0.1, 0.15) is 0 Å². The minimum absolute atomic E-state index is 0.190. The van der Waals surface area contributed by atoms with Gasteiger partial charge in [-0.3, -0.25) is 0 Å². The molecular weight excluding hydrogens is 355 g/mol. The molecule has 0 amide bonds. The van der Waals surface area contributed by atoms with Crippen molar-refractivity contribution in [1.29, 1.82) is 0 Å². The van der Waals surface area contributed by atoms with Gasteiger partial charge in [0.15, 0.2) is 5.82 Å². The summed E-state index contributed by atoms with van der Waals surface area (Å²) in [6.45, 7) is 0.623. The smallest absolute Gasteiger partial charge is 0.240 e. The van der Waals surface area contributed by atoms with Gasteiger partial charge < -0.3 is 5.32 Å². The largest absolute Gasteiger partial charge is 0.350 e. The van der Waals surface area contributed by atoms with Gasteiger partial charge in [-0.25, -0.2) is 27.5 Å². The van der Waals surface area contributed by atoms with E-state index in [4.69, 9.17) is 0 Å². The van der Waals surface area contributed by atoms with Gasteiger partial charge in [-0.1, -0.05) is 42.5 Å². The first-order valence-corrected chi connectivity index (χ1v) is 9.35. The topological polar surface area (TPSA) is 84.0 Å². The van der Waals surface area contributed by atoms with Crippen LogP contribution in [-0.4, -0.2) is 18.4 Å². The second kappa shape index (κ2) is 8.03. The Morgan fingerprint density at radius 1 is 0.846 bits per heavy atom. The molecule has 8 heteroatoms. The van der Waals surface area contributed by atoms with E-state index in [1.54, 1.807) is 12.1 Å². The fourth-order valence-electron chi connectivity index (χ4n) is 2.23. The number of hydrogen-bond donors (Lipinski definition) is 2. The molecule has 134 valence electrons. The van der Waals surface area contributed by atoms with Crippen LogP contribution >= 0.6 is 0 Å². The van der Waals surface area contributed by atoms with Crippen molar-refractivity contribution in [3.8, 4) is 0 Å². The van der Waals surface area contributed by atoms with Gasteiger partial charge in [0.05, 0.1) is 17.3 Å². The maximum Gasteiger partial charge on any atom is 0.240 e. The molecule has 0 atom stereocenters. The maximum absolute atomic E-state index is 12.8. The molecule has 0 fully saturated rings. The summed E-state index contributed by atoms with van der Waals surface area (Å²) >= 11 is 0. The monoisotopic (exact) mass is 372 g/mol. The Labute approximate surface area is 151 Å². The number of halogens is 1. The van der Waals surface area contributed by atoms with Crippen molar-refractivity contribution in [2.45, 2.75) is 18.0 Å². The van der Waals surface area contributed by atoms with E-state index in [0.29, 0.717) is 12.5 Å². The number of anilines is 1. The van der Waals surface area contributed by atoms with Gasteiger partial charge in [0.25, 0.3) is 0 Å². The molecule has 0 unspecified atom stereocenters. The highest BCUT2D eigenvalue weighted by Crippen LogP contribution is 2.12. The predicted octanol–water partition coefficient (Wildman–Crippen LogP) is 2.71. The van der Waals surface area contributed by atoms with E-state index >= 15 is 0 Å². The van der Waals surface area contributed by atoms with Crippen LogP contribution in [0.2, 0.25) is 0 Å². The van der Waals surface area contributed by atoms with Crippen LogP contribution in [0, 0.1) is 5.82 Å². The molecule has 0 radical (unpaired) electrons. The second-order valence-corrected chi connectivity index (χ2v) is 7.30. The summed E-state index contributed by atoms with van der Waals surface area (Å²) in [7, 11) is -3.58. The number of nitrogens with zero attached hydrogens (tertiary/aromatic N) is 2. The van der Waals surface area contributed by atoms with Crippen LogP contribution in [-0.2, 0) is 23.1 Å². The molecule has 0 aliphatic heterocycles. The summed E-state index contributed by atoms with van der Waals surface area (Å²) in [4.78, 5) is 7.79.